The number of rotatable bonds is 11. The predicted octanol–water partition coefficient (Wildman–Crippen LogP) is 4.60. The molecule has 166 valence electrons. The van der Waals surface area contributed by atoms with Crippen molar-refractivity contribution in [2.24, 2.45) is 0 Å². The second-order valence-electron chi connectivity index (χ2n) is 7.73. The second kappa shape index (κ2) is 11.1. The fourth-order valence-corrected chi connectivity index (χ4v) is 4.56. The average molecular weight is 443 g/mol. The summed E-state index contributed by atoms with van der Waals surface area (Å²) >= 11 is 0. The van der Waals surface area contributed by atoms with Crippen molar-refractivity contribution in [3.8, 4) is 5.75 Å². The van der Waals surface area contributed by atoms with E-state index in [0.717, 1.165) is 42.5 Å². The molecule has 7 heteroatoms. The van der Waals surface area contributed by atoms with E-state index in [0.29, 0.717) is 13.0 Å². The molecule has 31 heavy (non-hydrogen) atoms. The van der Waals surface area contributed by atoms with Crippen LogP contribution in [-0.4, -0.2) is 38.1 Å². The second-order valence-corrected chi connectivity index (χ2v) is 9.48. The number of nitrogens with zero attached hydrogens (tertiary/aromatic N) is 2. The SMILES string of the molecule is COC(=O)CCCCCOc1ccc2ncn(S(=O)C(C)Cc3ccc(C)cc3)c2c1. The zero-order chi connectivity index (χ0) is 22.2. The van der Waals surface area contributed by atoms with Gasteiger partial charge in [-0.25, -0.2) is 13.2 Å². The van der Waals surface area contributed by atoms with Gasteiger partial charge in [-0.05, 0) is 57.2 Å². The normalized spacial score (nSPS) is 13.1. The molecule has 0 fully saturated rings. The van der Waals surface area contributed by atoms with Crippen LogP contribution in [0.5, 0.6) is 5.75 Å². The van der Waals surface area contributed by atoms with Crippen molar-refractivity contribution in [3.05, 3.63) is 59.9 Å². The molecule has 3 rings (SSSR count). The number of hydrogen-bond acceptors (Lipinski definition) is 5. The van der Waals surface area contributed by atoms with Gasteiger partial charge in [-0.1, -0.05) is 29.8 Å². The fourth-order valence-electron chi connectivity index (χ4n) is 3.36. The molecule has 2 unspecified atom stereocenters. The van der Waals surface area contributed by atoms with Crippen LogP contribution in [0.4, 0.5) is 0 Å². The van der Waals surface area contributed by atoms with Gasteiger partial charge in [-0.2, -0.15) is 0 Å². The van der Waals surface area contributed by atoms with Crippen LogP contribution < -0.4 is 4.74 Å². The summed E-state index contributed by atoms with van der Waals surface area (Å²) in [5.41, 5.74) is 3.99. The number of unbranched alkanes of at least 4 members (excludes halogenated alkanes) is 2. The molecular weight excluding hydrogens is 412 g/mol. The Morgan fingerprint density at radius 2 is 1.90 bits per heavy atom. The average Bonchev–Trinajstić information content (AvgIpc) is 3.20. The van der Waals surface area contributed by atoms with Gasteiger partial charge in [0.1, 0.15) is 23.1 Å². The lowest BCUT2D eigenvalue weighted by atomic mass is 10.1. The quantitative estimate of drug-likeness (QED) is 0.321. The number of benzene rings is 2. The van der Waals surface area contributed by atoms with Crippen molar-refractivity contribution in [3.63, 3.8) is 0 Å². The van der Waals surface area contributed by atoms with Crippen LogP contribution in [0, 0.1) is 6.92 Å². The molecule has 0 saturated heterocycles. The molecule has 0 bridgehead atoms. The third-order valence-electron chi connectivity index (χ3n) is 5.19. The number of fused-ring (bicyclic) bond motifs is 1. The zero-order valence-electron chi connectivity index (χ0n) is 18.4. The molecule has 0 N–H and O–H groups in total. The van der Waals surface area contributed by atoms with E-state index in [1.165, 1.54) is 18.2 Å². The number of carbonyl (C=O) groups excluding carboxylic acids is 1. The van der Waals surface area contributed by atoms with Crippen LogP contribution in [0.15, 0.2) is 48.8 Å². The van der Waals surface area contributed by atoms with Gasteiger partial charge < -0.3 is 9.47 Å². The van der Waals surface area contributed by atoms with Crippen LogP contribution in [0.25, 0.3) is 11.0 Å². The maximum absolute atomic E-state index is 13.2. The van der Waals surface area contributed by atoms with Gasteiger partial charge in [0, 0.05) is 12.5 Å². The predicted molar refractivity (Wildman–Crippen MR) is 124 cm³/mol. The zero-order valence-corrected chi connectivity index (χ0v) is 19.2. The minimum atomic E-state index is -1.25. The molecule has 6 nitrogen and oxygen atoms in total. The summed E-state index contributed by atoms with van der Waals surface area (Å²) in [6.45, 7) is 4.62. The van der Waals surface area contributed by atoms with E-state index in [2.05, 4.69) is 40.9 Å². The van der Waals surface area contributed by atoms with Crippen LogP contribution in [0.2, 0.25) is 0 Å². The molecule has 0 radical (unpaired) electrons. The highest BCUT2D eigenvalue weighted by Crippen LogP contribution is 2.22. The minimum Gasteiger partial charge on any atom is -0.494 e. The van der Waals surface area contributed by atoms with Gasteiger partial charge in [-0.3, -0.25) is 4.79 Å². The van der Waals surface area contributed by atoms with Crippen molar-refractivity contribution in [2.45, 2.75) is 51.2 Å². The molecule has 2 aromatic carbocycles. The number of aromatic nitrogens is 2. The molecule has 0 aliphatic carbocycles. The summed E-state index contributed by atoms with van der Waals surface area (Å²) < 4.78 is 25.4. The third kappa shape index (κ3) is 6.40. The number of ether oxygens (including phenoxy) is 2. The van der Waals surface area contributed by atoms with E-state index in [1.807, 2.05) is 25.1 Å². The van der Waals surface area contributed by atoms with Gasteiger partial charge in [0.05, 0.1) is 30.0 Å². The molecule has 1 heterocycles. The Kier molecular flexibility index (Phi) is 8.23. The first kappa shape index (κ1) is 23.0. The maximum atomic E-state index is 13.2. The highest BCUT2D eigenvalue weighted by molar-refractivity contribution is 7.84. The Balaban J connectivity index is 1.59. The number of methoxy groups -OCH3 is 1. The Bertz CT molecular complexity index is 1030. The highest BCUT2D eigenvalue weighted by atomic mass is 32.2. The van der Waals surface area contributed by atoms with Crippen molar-refractivity contribution in [2.75, 3.05) is 13.7 Å². The summed E-state index contributed by atoms with van der Waals surface area (Å²) in [7, 11) is 0.159. The first-order valence-electron chi connectivity index (χ1n) is 10.6. The molecule has 0 amide bonds. The topological polar surface area (TPSA) is 70.4 Å². The number of carbonyl (C=O) groups is 1. The smallest absolute Gasteiger partial charge is 0.305 e. The lowest BCUT2D eigenvalue weighted by Gasteiger charge is -2.13. The summed E-state index contributed by atoms with van der Waals surface area (Å²) in [5.74, 6) is 0.551. The molecule has 0 saturated carbocycles. The Morgan fingerprint density at radius 1 is 1.13 bits per heavy atom. The maximum Gasteiger partial charge on any atom is 0.305 e. The molecule has 3 aromatic rings. The van der Waals surface area contributed by atoms with Gasteiger partial charge in [0.15, 0.2) is 0 Å². The summed E-state index contributed by atoms with van der Waals surface area (Å²) in [5, 5.41) is -0.0560. The van der Waals surface area contributed by atoms with Crippen molar-refractivity contribution in [1.82, 2.24) is 8.96 Å². The summed E-state index contributed by atoms with van der Waals surface area (Å²) in [6, 6.07) is 14.0. The molecule has 0 aliphatic rings. The van der Waals surface area contributed by atoms with E-state index >= 15 is 0 Å². The number of aryl methyl sites for hydroxylation is 1. The van der Waals surface area contributed by atoms with Gasteiger partial charge in [0.2, 0.25) is 0 Å². The Hall–Kier alpha value is -2.67. The minimum absolute atomic E-state index is 0.0560. The third-order valence-corrected chi connectivity index (χ3v) is 6.72. The van der Waals surface area contributed by atoms with E-state index < -0.39 is 11.0 Å². The monoisotopic (exact) mass is 442 g/mol. The number of imidazole rings is 1. The lowest BCUT2D eigenvalue weighted by Crippen LogP contribution is -2.19. The largest absolute Gasteiger partial charge is 0.494 e. The van der Waals surface area contributed by atoms with Crippen molar-refractivity contribution < 1.29 is 18.5 Å². The number of hydrogen-bond donors (Lipinski definition) is 0. The van der Waals surface area contributed by atoms with Crippen molar-refractivity contribution >= 4 is 28.0 Å². The van der Waals surface area contributed by atoms with Crippen LogP contribution >= 0.6 is 0 Å². The first-order chi connectivity index (χ1) is 15.0. The van der Waals surface area contributed by atoms with Crippen LogP contribution in [0.3, 0.4) is 0 Å². The molecule has 1 aromatic heterocycles. The molecule has 0 spiro atoms. The van der Waals surface area contributed by atoms with Gasteiger partial charge in [-0.15, -0.1) is 0 Å². The van der Waals surface area contributed by atoms with Gasteiger partial charge in [0.25, 0.3) is 0 Å². The molecular formula is C24H30N2O4S. The number of esters is 1. The fraction of sp³-hybridized carbons (Fsp3) is 0.417. The summed E-state index contributed by atoms with van der Waals surface area (Å²) in [4.78, 5) is 15.5. The van der Waals surface area contributed by atoms with Crippen molar-refractivity contribution in [1.29, 1.82) is 0 Å². The first-order valence-corrected chi connectivity index (χ1v) is 11.8. The van der Waals surface area contributed by atoms with E-state index in [1.54, 1.807) is 10.3 Å². The standard InChI is InChI=1S/C24H30N2O4S/c1-18-8-10-20(11-9-18)15-19(2)31(28)26-17-25-22-13-12-21(16-23(22)26)30-14-6-4-5-7-24(27)29-3/h8-13,16-17,19H,4-7,14-15H2,1-3H3. The van der Waals surface area contributed by atoms with E-state index in [4.69, 9.17) is 4.74 Å². The Labute approximate surface area is 186 Å². The molecule has 0 aliphatic heterocycles. The molecule has 2 atom stereocenters. The Morgan fingerprint density at radius 3 is 2.65 bits per heavy atom. The lowest BCUT2D eigenvalue weighted by molar-refractivity contribution is -0.140. The van der Waals surface area contributed by atoms with Gasteiger partial charge >= 0.3 is 5.97 Å². The van der Waals surface area contributed by atoms with Crippen LogP contribution in [-0.2, 0) is 26.9 Å². The highest BCUT2D eigenvalue weighted by Gasteiger charge is 2.17. The van der Waals surface area contributed by atoms with E-state index in [-0.39, 0.29) is 11.2 Å². The summed E-state index contributed by atoms with van der Waals surface area (Å²) in [6.07, 6.45) is 5.36. The van der Waals surface area contributed by atoms with Crippen LogP contribution in [0.1, 0.15) is 43.7 Å². The van der Waals surface area contributed by atoms with E-state index in [9.17, 15) is 9.00 Å².